The first-order valence-corrected chi connectivity index (χ1v) is 5.17. The maximum atomic E-state index is 12.6. The largest absolute Gasteiger partial charge is 0.465 e. The number of nitrogen functional groups attached to an aromatic ring is 1. The topological polar surface area (TPSA) is 86.5 Å². The van der Waals surface area contributed by atoms with E-state index in [1.807, 2.05) is 0 Å². The van der Waals surface area contributed by atoms with Gasteiger partial charge in [-0.1, -0.05) is 0 Å². The maximum absolute atomic E-state index is 12.6. The van der Waals surface area contributed by atoms with Gasteiger partial charge in [-0.2, -0.15) is 8.42 Å². The molecule has 0 radical (unpaired) electrons. The Morgan fingerprint density at radius 2 is 2.07 bits per heavy atom. The fraction of sp³-hybridized carbons (Fsp3) is 0.125. The SMILES string of the molecule is COC(=O)c1ccc(S(=O)(=O)F)c(N)c1. The van der Waals surface area contributed by atoms with Crippen molar-refractivity contribution in [3.05, 3.63) is 23.8 Å². The molecule has 1 aromatic carbocycles. The summed E-state index contributed by atoms with van der Waals surface area (Å²) in [6.45, 7) is 0. The van der Waals surface area contributed by atoms with Gasteiger partial charge in [0, 0.05) is 0 Å². The van der Waals surface area contributed by atoms with E-state index in [4.69, 9.17) is 5.73 Å². The molecule has 0 saturated heterocycles. The van der Waals surface area contributed by atoms with Crippen molar-refractivity contribution in [2.75, 3.05) is 12.8 Å². The van der Waals surface area contributed by atoms with Crippen LogP contribution in [0.25, 0.3) is 0 Å². The number of benzene rings is 1. The molecule has 2 N–H and O–H groups in total. The zero-order valence-electron chi connectivity index (χ0n) is 7.73. The standard InChI is InChI=1S/C8H8FNO4S/c1-14-8(11)5-2-3-7(6(10)4-5)15(9,12)13/h2-4H,10H2,1H3. The van der Waals surface area contributed by atoms with Gasteiger partial charge >= 0.3 is 16.2 Å². The lowest BCUT2D eigenvalue weighted by atomic mass is 10.2. The zero-order chi connectivity index (χ0) is 11.6. The predicted molar refractivity (Wildman–Crippen MR) is 50.5 cm³/mol. The third-order valence-corrected chi connectivity index (χ3v) is 2.59. The van der Waals surface area contributed by atoms with E-state index in [1.54, 1.807) is 0 Å². The summed E-state index contributed by atoms with van der Waals surface area (Å²) in [6.07, 6.45) is 0. The first-order valence-electron chi connectivity index (χ1n) is 3.78. The molecular formula is C8H8FNO4S. The molecule has 0 aromatic heterocycles. The summed E-state index contributed by atoms with van der Waals surface area (Å²) in [6, 6.07) is 3.07. The van der Waals surface area contributed by atoms with E-state index in [-0.39, 0.29) is 11.3 Å². The first-order chi connectivity index (χ1) is 6.86. The number of rotatable bonds is 2. The molecule has 82 valence electrons. The van der Waals surface area contributed by atoms with Gasteiger partial charge in [-0.25, -0.2) is 4.79 Å². The Morgan fingerprint density at radius 3 is 2.47 bits per heavy atom. The van der Waals surface area contributed by atoms with Crippen LogP contribution in [-0.4, -0.2) is 21.5 Å². The molecule has 7 heteroatoms. The van der Waals surface area contributed by atoms with Crippen LogP contribution >= 0.6 is 0 Å². The van der Waals surface area contributed by atoms with Crippen molar-refractivity contribution in [3.8, 4) is 0 Å². The average Bonchev–Trinajstić information content (AvgIpc) is 2.14. The molecule has 0 atom stereocenters. The van der Waals surface area contributed by atoms with Crippen LogP contribution in [0.3, 0.4) is 0 Å². The van der Waals surface area contributed by atoms with Crippen molar-refractivity contribution in [2.45, 2.75) is 4.90 Å². The number of carbonyl (C=O) groups excluding carboxylic acids is 1. The normalized spacial score (nSPS) is 11.1. The van der Waals surface area contributed by atoms with E-state index < -0.39 is 21.1 Å². The van der Waals surface area contributed by atoms with Crippen LogP contribution < -0.4 is 5.73 Å². The lowest BCUT2D eigenvalue weighted by Gasteiger charge is -2.03. The molecule has 0 amide bonds. The minimum Gasteiger partial charge on any atom is -0.465 e. The van der Waals surface area contributed by atoms with Crippen molar-refractivity contribution in [2.24, 2.45) is 0 Å². The molecule has 15 heavy (non-hydrogen) atoms. The molecule has 0 aliphatic rings. The fourth-order valence-corrected chi connectivity index (χ4v) is 1.59. The molecule has 1 rings (SSSR count). The van der Waals surface area contributed by atoms with Gasteiger partial charge in [0.15, 0.2) is 0 Å². The second-order valence-corrected chi connectivity index (χ2v) is 4.00. The molecule has 0 fully saturated rings. The molecular weight excluding hydrogens is 225 g/mol. The minimum atomic E-state index is -4.86. The molecule has 0 aliphatic carbocycles. The van der Waals surface area contributed by atoms with Crippen LogP contribution in [0.1, 0.15) is 10.4 Å². The van der Waals surface area contributed by atoms with Gasteiger partial charge in [-0.3, -0.25) is 0 Å². The van der Waals surface area contributed by atoms with Crippen LogP contribution in [0.5, 0.6) is 0 Å². The summed E-state index contributed by atoms with van der Waals surface area (Å²) in [4.78, 5) is 10.3. The average molecular weight is 233 g/mol. The lowest BCUT2D eigenvalue weighted by molar-refractivity contribution is 0.0600. The summed E-state index contributed by atoms with van der Waals surface area (Å²) in [7, 11) is -3.69. The molecule has 0 bridgehead atoms. The van der Waals surface area contributed by atoms with Crippen molar-refractivity contribution < 1.29 is 21.8 Å². The van der Waals surface area contributed by atoms with Crippen molar-refractivity contribution >= 4 is 21.9 Å². The predicted octanol–water partition coefficient (Wildman–Crippen LogP) is 0.714. The Hall–Kier alpha value is -1.63. The fourth-order valence-electron chi connectivity index (χ4n) is 1.02. The van der Waals surface area contributed by atoms with Gasteiger partial charge in [0.2, 0.25) is 0 Å². The summed E-state index contributed by atoms with van der Waals surface area (Å²) >= 11 is 0. The van der Waals surface area contributed by atoms with Gasteiger partial charge in [0.05, 0.1) is 18.4 Å². The molecule has 0 aliphatic heterocycles. The Morgan fingerprint density at radius 1 is 1.47 bits per heavy atom. The number of hydrogen-bond acceptors (Lipinski definition) is 5. The Balaban J connectivity index is 3.27. The van der Waals surface area contributed by atoms with Crippen LogP contribution in [-0.2, 0) is 15.0 Å². The van der Waals surface area contributed by atoms with Crippen LogP contribution in [0.2, 0.25) is 0 Å². The van der Waals surface area contributed by atoms with Crippen molar-refractivity contribution in [1.82, 2.24) is 0 Å². The highest BCUT2D eigenvalue weighted by Gasteiger charge is 2.17. The molecule has 5 nitrogen and oxygen atoms in total. The van der Waals surface area contributed by atoms with Gasteiger partial charge in [0.1, 0.15) is 4.90 Å². The summed E-state index contributed by atoms with van der Waals surface area (Å²) < 4.78 is 38.0. The highest BCUT2D eigenvalue weighted by Crippen LogP contribution is 2.21. The molecule has 1 aromatic rings. The van der Waals surface area contributed by atoms with Crippen LogP contribution in [0.4, 0.5) is 9.57 Å². The Kier molecular flexibility index (Phi) is 2.94. The number of methoxy groups -OCH3 is 1. The van der Waals surface area contributed by atoms with E-state index in [1.165, 1.54) is 7.11 Å². The number of ether oxygens (including phenoxy) is 1. The number of nitrogens with two attached hydrogens (primary N) is 1. The molecule has 0 saturated carbocycles. The highest BCUT2D eigenvalue weighted by molar-refractivity contribution is 7.86. The number of anilines is 1. The van der Waals surface area contributed by atoms with E-state index in [9.17, 15) is 17.1 Å². The smallest absolute Gasteiger partial charge is 0.337 e. The third-order valence-electron chi connectivity index (χ3n) is 1.69. The monoisotopic (exact) mass is 233 g/mol. The van der Waals surface area contributed by atoms with E-state index >= 15 is 0 Å². The number of carbonyl (C=O) groups is 1. The molecule has 0 spiro atoms. The quantitative estimate of drug-likeness (QED) is 0.462. The number of halogens is 1. The summed E-state index contributed by atoms with van der Waals surface area (Å²) in [5, 5.41) is 0. The van der Waals surface area contributed by atoms with E-state index in [2.05, 4.69) is 4.74 Å². The molecule has 0 unspecified atom stereocenters. The van der Waals surface area contributed by atoms with Crippen LogP contribution in [0.15, 0.2) is 23.1 Å². The maximum Gasteiger partial charge on any atom is 0.337 e. The second kappa shape index (κ2) is 3.85. The second-order valence-electron chi connectivity index (χ2n) is 2.68. The van der Waals surface area contributed by atoms with Crippen molar-refractivity contribution in [3.63, 3.8) is 0 Å². The van der Waals surface area contributed by atoms with E-state index in [0.29, 0.717) is 0 Å². The highest BCUT2D eigenvalue weighted by atomic mass is 32.3. The minimum absolute atomic E-state index is 0.0578. The zero-order valence-corrected chi connectivity index (χ0v) is 8.55. The Labute approximate surface area is 85.9 Å². The van der Waals surface area contributed by atoms with E-state index in [0.717, 1.165) is 18.2 Å². The molecule has 0 heterocycles. The summed E-state index contributed by atoms with van der Waals surface area (Å²) in [5.74, 6) is -0.676. The Bertz CT molecular complexity index is 497. The third kappa shape index (κ3) is 2.44. The van der Waals surface area contributed by atoms with Gasteiger partial charge in [0.25, 0.3) is 0 Å². The van der Waals surface area contributed by atoms with Crippen molar-refractivity contribution in [1.29, 1.82) is 0 Å². The first kappa shape index (κ1) is 11.4. The van der Waals surface area contributed by atoms with Gasteiger partial charge in [-0.05, 0) is 18.2 Å². The summed E-state index contributed by atoms with van der Waals surface area (Å²) in [5.41, 5.74) is 5.00. The number of esters is 1. The van der Waals surface area contributed by atoms with Gasteiger partial charge < -0.3 is 10.5 Å². The lowest BCUT2D eigenvalue weighted by Crippen LogP contribution is -2.05. The van der Waals surface area contributed by atoms with Gasteiger partial charge in [-0.15, -0.1) is 3.89 Å². The van der Waals surface area contributed by atoms with Crippen LogP contribution in [0, 0.1) is 0 Å². The number of hydrogen-bond donors (Lipinski definition) is 1.